The number of aliphatic hydroxyl groups excluding tert-OH is 2. The maximum absolute atomic E-state index is 13.9. The first-order valence-corrected chi connectivity index (χ1v) is 14.6. The smallest absolute Gasteiger partial charge is 0.459 e. The number of esters is 1. The van der Waals surface area contributed by atoms with Crippen molar-refractivity contribution in [3.8, 4) is 11.8 Å². The molecule has 2 aromatic heterocycles. The van der Waals surface area contributed by atoms with Crippen molar-refractivity contribution < 1.29 is 39.5 Å². The fraction of sp³-hybridized carbons (Fsp3) is 0.286. The second-order valence-electron chi connectivity index (χ2n) is 9.66. The molecule has 0 amide bonds. The zero-order valence-corrected chi connectivity index (χ0v) is 23.7. The van der Waals surface area contributed by atoms with E-state index < -0.39 is 50.3 Å². The van der Waals surface area contributed by atoms with Gasteiger partial charge in [-0.2, -0.15) is 15.4 Å². The monoisotopic (exact) mass is 609 g/mol. The highest BCUT2D eigenvalue weighted by Gasteiger charge is 2.58. The molecule has 1 aliphatic rings. The van der Waals surface area contributed by atoms with E-state index in [9.17, 15) is 24.8 Å². The summed E-state index contributed by atoms with van der Waals surface area (Å²) >= 11 is 0. The molecule has 43 heavy (non-hydrogen) atoms. The SMILES string of the molecule is [2H]c1cc([C@]2(C#N)O[C@H](CO[P@@](=O)(N[C@@H](C)C(=O)OCc3ccccc3)Oc3ccccc3)[C@@H](O)[C@H]2O)n2ncnc(N)c12. The second kappa shape index (κ2) is 12.5. The fourth-order valence-electron chi connectivity index (χ4n) is 4.49. The molecular weight excluding hydrogens is 579 g/mol. The minimum atomic E-state index is -4.39. The Morgan fingerprint density at radius 3 is 2.65 bits per heavy atom. The molecular formula is C28H29N6O8P. The van der Waals surface area contributed by atoms with E-state index >= 15 is 0 Å². The van der Waals surface area contributed by atoms with Crippen molar-refractivity contribution in [1.29, 1.82) is 5.26 Å². The van der Waals surface area contributed by atoms with Gasteiger partial charge in [-0.05, 0) is 36.7 Å². The Balaban J connectivity index is 1.35. The highest BCUT2D eigenvalue weighted by Crippen LogP contribution is 2.47. The highest BCUT2D eigenvalue weighted by molar-refractivity contribution is 7.52. The molecule has 4 aromatic rings. The van der Waals surface area contributed by atoms with Gasteiger partial charge in [0.2, 0.25) is 5.60 Å². The van der Waals surface area contributed by atoms with Crippen LogP contribution in [-0.4, -0.2) is 61.7 Å². The Hall–Kier alpha value is -4.35. The predicted octanol–water partition coefficient (Wildman–Crippen LogP) is 2.08. The first-order chi connectivity index (χ1) is 21.1. The van der Waals surface area contributed by atoms with Gasteiger partial charge in [-0.15, -0.1) is 0 Å². The van der Waals surface area contributed by atoms with Crippen LogP contribution in [0.1, 0.15) is 19.6 Å². The van der Waals surface area contributed by atoms with Gasteiger partial charge in [-0.25, -0.2) is 14.1 Å². The lowest BCUT2D eigenvalue weighted by atomic mass is 9.92. The van der Waals surface area contributed by atoms with Crippen LogP contribution in [-0.2, 0) is 35.6 Å². The zero-order chi connectivity index (χ0) is 31.5. The van der Waals surface area contributed by atoms with Crippen molar-refractivity contribution in [3.63, 3.8) is 0 Å². The summed E-state index contributed by atoms with van der Waals surface area (Å²) < 4.78 is 45.8. The first kappa shape index (κ1) is 28.8. The number of nitrogens with zero attached hydrogens (tertiary/aromatic N) is 4. The highest BCUT2D eigenvalue weighted by atomic mass is 31.2. The summed E-state index contributed by atoms with van der Waals surface area (Å²) in [5, 5.41) is 38.7. The van der Waals surface area contributed by atoms with Crippen LogP contribution in [0.25, 0.3) is 5.52 Å². The Bertz CT molecular complexity index is 1720. The molecule has 5 rings (SSSR count). The summed E-state index contributed by atoms with van der Waals surface area (Å²) in [5.74, 6) is -0.635. The van der Waals surface area contributed by atoms with Crippen LogP contribution in [0.3, 0.4) is 0 Å². The van der Waals surface area contributed by atoms with E-state index in [1.54, 1.807) is 42.5 Å². The number of para-hydroxylation sites is 1. The van der Waals surface area contributed by atoms with Crippen LogP contribution < -0.4 is 15.3 Å². The molecule has 5 N–H and O–H groups in total. The van der Waals surface area contributed by atoms with Crippen LogP contribution in [0, 0.1) is 11.3 Å². The minimum absolute atomic E-state index is 0.0162. The Labute approximate surface area is 247 Å². The van der Waals surface area contributed by atoms with Gasteiger partial charge in [0.15, 0.2) is 5.82 Å². The number of rotatable bonds is 11. The number of ether oxygens (including phenoxy) is 2. The van der Waals surface area contributed by atoms with Gasteiger partial charge >= 0.3 is 13.7 Å². The topological polar surface area (TPSA) is 204 Å². The number of nitrogens with two attached hydrogens (primary N) is 1. The molecule has 2 aromatic carbocycles. The molecule has 0 unspecified atom stereocenters. The summed E-state index contributed by atoms with van der Waals surface area (Å²) in [7, 11) is -4.39. The number of carbonyl (C=O) groups excluding carboxylic acids is 1. The summed E-state index contributed by atoms with van der Waals surface area (Å²) in [6, 6.07) is 18.8. The molecule has 1 fully saturated rings. The normalized spacial score (nSPS) is 24.0. The molecule has 3 heterocycles. The van der Waals surface area contributed by atoms with Gasteiger partial charge < -0.3 is 29.9 Å². The summed E-state index contributed by atoms with van der Waals surface area (Å²) in [4.78, 5) is 16.6. The number of nitrogens with one attached hydrogen (secondary N) is 1. The van der Waals surface area contributed by atoms with E-state index in [1.165, 1.54) is 25.1 Å². The van der Waals surface area contributed by atoms with E-state index in [0.717, 1.165) is 16.4 Å². The first-order valence-electron chi connectivity index (χ1n) is 13.6. The lowest BCUT2D eigenvalue weighted by Gasteiger charge is -2.25. The number of aliphatic hydroxyl groups is 2. The van der Waals surface area contributed by atoms with Crippen LogP contribution in [0.2, 0.25) is 0 Å². The number of nitriles is 1. The third kappa shape index (κ3) is 6.23. The van der Waals surface area contributed by atoms with E-state index in [1.807, 2.05) is 12.1 Å². The summed E-state index contributed by atoms with van der Waals surface area (Å²) in [6.45, 7) is 0.739. The molecule has 1 saturated heterocycles. The van der Waals surface area contributed by atoms with Gasteiger partial charge in [-0.1, -0.05) is 48.5 Å². The molecule has 0 radical (unpaired) electrons. The molecule has 0 aliphatic carbocycles. The lowest BCUT2D eigenvalue weighted by molar-refractivity contribution is -0.146. The Morgan fingerprint density at radius 1 is 1.26 bits per heavy atom. The number of hydrogen-bond donors (Lipinski definition) is 4. The third-order valence-corrected chi connectivity index (χ3v) is 8.35. The number of aromatic nitrogens is 3. The van der Waals surface area contributed by atoms with Crippen LogP contribution >= 0.6 is 7.75 Å². The summed E-state index contributed by atoms with van der Waals surface area (Å²) in [5.41, 5.74) is 4.40. The second-order valence-corrected chi connectivity index (χ2v) is 11.4. The largest absolute Gasteiger partial charge is 0.460 e. The van der Waals surface area contributed by atoms with Crippen molar-refractivity contribution in [3.05, 3.63) is 90.4 Å². The maximum atomic E-state index is 13.9. The summed E-state index contributed by atoms with van der Waals surface area (Å²) in [6.07, 6.45) is -3.88. The van der Waals surface area contributed by atoms with E-state index in [0.29, 0.717) is 0 Å². The zero-order valence-electron chi connectivity index (χ0n) is 23.8. The van der Waals surface area contributed by atoms with Gasteiger partial charge in [0.05, 0.1) is 13.7 Å². The average molecular weight is 610 g/mol. The van der Waals surface area contributed by atoms with Crippen LogP contribution in [0.5, 0.6) is 5.75 Å². The average Bonchev–Trinajstić information content (AvgIpc) is 3.50. The van der Waals surface area contributed by atoms with Crippen LogP contribution in [0.15, 0.2) is 79.1 Å². The van der Waals surface area contributed by atoms with Crippen LogP contribution in [0.4, 0.5) is 5.82 Å². The van der Waals surface area contributed by atoms with Crippen molar-refractivity contribution in [2.24, 2.45) is 0 Å². The molecule has 224 valence electrons. The van der Waals surface area contributed by atoms with Crippen molar-refractivity contribution in [2.45, 2.75) is 43.5 Å². The molecule has 15 heteroatoms. The Morgan fingerprint density at radius 2 is 1.95 bits per heavy atom. The number of nitrogen functional groups attached to an aromatic ring is 1. The fourth-order valence-corrected chi connectivity index (χ4v) is 5.99. The minimum Gasteiger partial charge on any atom is -0.460 e. The molecule has 0 saturated carbocycles. The standard InChI is InChI=1S/C28H29N6O8P/c1-18(27(37)39-14-19-8-4-2-5-9-19)33-43(38,42-20-10-6-3-7-11-20)40-15-22-24(35)25(36)28(16-29,41-22)23-13-12-21-26(30)31-17-32-34(21)23/h2-13,17-18,22,24-25,35-36H,14-15H2,1H3,(H,33,38)(H2,30,31,32)/t18-,22+,24+,25+,28-,43-/m0/s1/i12D. The molecule has 0 spiro atoms. The number of fused-ring (bicyclic) bond motifs is 1. The number of anilines is 1. The Kier molecular flexibility index (Phi) is 8.35. The number of carbonyl (C=O) groups is 1. The third-order valence-electron chi connectivity index (χ3n) is 6.70. The molecule has 1 aliphatic heterocycles. The number of benzene rings is 2. The van der Waals surface area contributed by atoms with Crippen molar-refractivity contribution >= 4 is 25.1 Å². The van der Waals surface area contributed by atoms with Crippen molar-refractivity contribution in [2.75, 3.05) is 12.3 Å². The lowest BCUT2D eigenvalue weighted by Crippen LogP contribution is -2.41. The predicted molar refractivity (Wildman–Crippen MR) is 151 cm³/mol. The van der Waals surface area contributed by atoms with Gasteiger partial charge in [-0.3, -0.25) is 9.32 Å². The molecule has 6 atom stereocenters. The van der Waals surface area contributed by atoms with Gasteiger partial charge in [0, 0.05) is 0 Å². The molecule has 14 nitrogen and oxygen atoms in total. The quantitative estimate of drug-likeness (QED) is 0.142. The van der Waals surface area contributed by atoms with E-state index in [-0.39, 0.29) is 35.4 Å². The van der Waals surface area contributed by atoms with Gasteiger partial charge in [0.25, 0.3) is 0 Å². The number of hydrogen-bond acceptors (Lipinski definition) is 12. The van der Waals surface area contributed by atoms with E-state index in [4.69, 9.17) is 25.6 Å². The van der Waals surface area contributed by atoms with Gasteiger partial charge in [0.1, 0.15) is 54.6 Å². The molecule has 0 bridgehead atoms. The van der Waals surface area contributed by atoms with Crippen molar-refractivity contribution in [1.82, 2.24) is 19.7 Å². The van der Waals surface area contributed by atoms with E-state index in [2.05, 4.69) is 15.2 Å². The maximum Gasteiger partial charge on any atom is 0.459 e.